The molecule has 0 aliphatic carbocycles. The average molecular weight is 481 g/mol. The van der Waals surface area contributed by atoms with Crippen LogP contribution in [0.25, 0.3) is 6.08 Å². The molecule has 4 rings (SSSR count). The molecular weight excluding hydrogens is 456 g/mol. The van der Waals surface area contributed by atoms with E-state index < -0.39 is 0 Å². The number of anilines is 1. The number of carbonyl (C=O) groups excluding carboxylic acids is 1. The fourth-order valence-corrected chi connectivity index (χ4v) is 4.66. The molecule has 0 spiro atoms. The van der Waals surface area contributed by atoms with E-state index in [4.69, 9.17) is 21.1 Å². The molecule has 5 nitrogen and oxygen atoms in total. The van der Waals surface area contributed by atoms with Crippen LogP contribution in [0.15, 0.2) is 71.6 Å². The maximum Gasteiger partial charge on any atom is 0.260 e. The Morgan fingerprint density at radius 3 is 2.55 bits per heavy atom. The molecular formula is C26H25ClN2O3S. The number of carbonyl (C=O) groups is 1. The number of amides is 1. The van der Waals surface area contributed by atoms with Crippen molar-refractivity contribution in [1.29, 1.82) is 0 Å². The number of hydrogen-bond acceptors (Lipinski definition) is 5. The maximum atomic E-state index is 12.5. The van der Waals surface area contributed by atoms with E-state index in [-0.39, 0.29) is 11.4 Å². The maximum absolute atomic E-state index is 12.5. The monoisotopic (exact) mass is 480 g/mol. The minimum Gasteiger partial charge on any atom is -0.493 e. The number of benzene rings is 3. The molecule has 1 amide bonds. The fourth-order valence-electron chi connectivity index (χ4n) is 3.40. The molecule has 7 heteroatoms. The predicted molar refractivity (Wildman–Crippen MR) is 136 cm³/mol. The van der Waals surface area contributed by atoms with Crippen LogP contribution in [-0.4, -0.2) is 18.5 Å². The summed E-state index contributed by atoms with van der Waals surface area (Å²) in [4.78, 5) is 13.1. The van der Waals surface area contributed by atoms with Gasteiger partial charge in [-0.1, -0.05) is 72.8 Å². The van der Waals surface area contributed by atoms with Gasteiger partial charge in [-0.25, -0.2) is 0 Å². The Labute approximate surface area is 203 Å². The van der Waals surface area contributed by atoms with Crippen LogP contribution in [-0.2, 0) is 17.8 Å². The van der Waals surface area contributed by atoms with Crippen molar-refractivity contribution in [2.75, 3.05) is 12.4 Å². The van der Waals surface area contributed by atoms with Crippen molar-refractivity contribution in [1.82, 2.24) is 5.32 Å². The second-order valence-electron chi connectivity index (χ2n) is 7.48. The Hall–Kier alpha value is -3.09. The highest BCUT2D eigenvalue weighted by atomic mass is 35.5. The van der Waals surface area contributed by atoms with Gasteiger partial charge in [-0.2, -0.15) is 0 Å². The summed E-state index contributed by atoms with van der Waals surface area (Å²) in [6.07, 6.45) is 2.79. The van der Waals surface area contributed by atoms with Crippen molar-refractivity contribution >= 4 is 41.0 Å². The first-order chi connectivity index (χ1) is 16.1. The van der Waals surface area contributed by atoms with E-state index in [1.807, 2.05) is 48.5 Å². The molecule has 33 heavy (non-hydrogen) atoms. The Balaban J connectivity index is 1.47. The zero-order valence-corrected chi connectivity index (χ0v) is 20.0. The van der Waals surface area contributed by atoms with Gasteiger partial charge in [-0.15, -0.1) is 0 Å². The highest BCUT2D eigenvalue weighted by Gasteiger charge is 2.27. The molecule has 0 aromatic heterocycles. The molecule has 3 aromatic carbocycles. The van der Waals surface area contributed by atoms with Gasteiger partial charge >= 0.3 is 0 Å². The van der Waals surface area contributed by atoms with Gasteiger partial charge in [-0.05, 0) is 53.5 Å². The lowest BCUT2D eigenvalue weighted by molar-refractivity contribution is -0.116. The van der Waals surface area contributed by atoms with Gasteiger partial charge in [0.1, 0.15) is 6.61 Å². The molecule has 1 saturated heterocycles. The van der Waals surface area contributed by atoms with Crippen molar-refractivity contribution in [3.05, 3.63) is 93.3 Å². The molecule has 1 aliphatic heterocycles. The molecule has 1 fully saturated rings. The van der Waals surface area contributed by atoms with Crippen molar-refractivity contribution in [3.63, 3.8) is 0 Å². The average Bonchev–Trinajstić information content (AvgIpc) is 3.17. The van der Waals surface area contributed by atoms with Crippen molar-refractivity contribution in [2.45, 2.75) is 25.4 Å². The number of aryl methyl sites for hydroxylation is 1. The smallest absolute Gasteiger partial charge is 0.260 e. The SMILES string of the molecule is CCc1ccc(N[C@@H]2NC(=O)/C(=C/c3cc(Cl)c(OCc4ccccc4)c(OC)c3)S2)cc1. The number of nitrogens with one attached hydrogen (secondary N) is 2. The zero-order valence-electron chi connectivity index (χ0n) is 18.4. The Morgan fingerprint density at radius 2 is 1.85 bits per heavy atom. The van der Waals surface area contributed by atoms with E-state index in [0.29, 0.717) is 28.0 Å². The Kier molecular flexibility index (Phi) is 7.47. The summed E-state index contributed by atoms with van der Waals surface area (Å²) >= 11 is 7.93. The summed E-state index contributed by atoms with van der Waals surface area (Å²) in [5, 5.41) is 6.71. The van der Waals surface area contributed by atoms with Crippen molar-refractivity contribution in [3.8, 4) is 11.5 Å². The van der Waals surface area contributed by atoms with Gasteiger partial charge in [0.2, 0.25) is 0 Å². The molecule has 1 aliphatic rings. The second-order valence-corrected chi connectivity index (χ2v) is 9.04. The summed E-state index contributed by atoms with van der Waals surface area (Å²) in [6.45, 7) is 2.50. The first-order valence-electron chi connectivity index (χ1n) is 10.6. The van der Waals surface area contributed by atoms with Gasteiger partial charge in [0.15, 0.2) is 17.0 Å². The first-order valence-corrected chi connectivity index (χ1v) is 11.9. The second kappa shape index (κ2) is 10.7. The van der Waals surface area contributed by atoms with Crippen molar-refractivity contribution in [2.24, 2.45) is 0 Å². The van der Waals surface area contributed by atoms with E-state index in [2.05, 4.69) is 29.7 Å². The molecule has 0 radical (unpaired) electrons. The summed E-state index contributed by atoms with van der Waals surface area (Å²) in [5.74, 6) is 0.852. The third-order valence-electron chi connectivity index (χ3n) is 5.17. The first kappa shape index (κ1) is 23.1. The fraction of sp³-hybridized carbons (Fsp3) is 0.192. The predicted octanol–water partition coefficient (Wildman–Crippen LogP) is 6.09. The third kappa shape index (κ3) is 5.83. The number of thioether (sulfide) groups is 1. The normalized spacial score (nSPS) is 16.5. The number of rotatable bonds is 8. The van der Waals surface area contributed by atoms with Gasteiger partial charge in [0.25, 0.3) is 5.91 Å². The zero-order chi connectivity index (χ0) is 23.2. The Bertz CT molecular complexity index is 1150. The molecule has 1 heterocycles. The molecule has 0 bridgehead atoms. The molecule has 1 atom stereocenters. The minimum atomic E-state index is -0.248. The van der Waals surface area contributed by atoms with Crippen LogP contribution in [0.5, 0.6) is 11.5 Å². The van der Waals surface area contributed by atoms with Crippen LogP contribution in [0.2, 0.25) is 5.02 Å². The van der Waals surface area contributed by atoms with E-state index >= 15 is 0 Å². The van der Waals surface area contributed by atoms with Crippen LogP contribution >= 0.6 is 23.4 Å². The summed E-state index contributed by atoms with van der Waals surface area (Å²) in [7, 11) is 1.57. The lowest BCUT2D eigenvalue weighted by atomic mass is 10.1. The lowest BCUT2D eigenvalue weighted by Crippen LogP contribution is -2.30. The molecule has 3 aromatic rings. The topological polar surface area (TPSA) is 59.6 Å². The minimum absolute atomic E-state index is 0.137. The van der Waals surface area contributed by atoms with Crippen molar-refractivity contribution < 1.29 is 14.3 Å². The molecule has 0 unspecified atom stereocenters. The van der Waals surface area contributed by atoms with Crippen LogP contribution in [0.3, 0.4) is 0 Å². The third-order valence-corrected chi connectivity index (χ3v) is 6.48. The van der Waals surface area contributed by atoms with Crippen LogP contribution < -0.4 is 20.1 Å². The van der Waals surface area contributed by atoms with E-state index in [9.17, 15) is 4.79 Å². The lowest BCUT2D eigenvalue weighted by Gasteiger charge is -2.14. The summed E-state index contributed by atoms with van der Waals surface area (Å²) in [5.41, 5.74) is 3.77. The molecule has 2 N–H and O–H groups in total. The van der Waals surface area contributed by atoms with E-state index in [1.54, 1.807) is 19.3 Å². The van der Waals surface area contributed by atoms with Gasteiger partial charge in [-0.3, -0.25) is 4.79 Å². The van der Waals surface area contributed by atoms with Crippen LogP contribution in [0, 0.1) is 0 Å². The summed E-state index contributed by atoms with van der Waals surface area (Å²) < 4.78 is 11.4. The molecule has 0 saturated carbocycles. The van der Waals surface area contributed by atoms with E-state index in [1.165, 1.54) is 17.3 Å². The number of halogens is 1. The quantitative estimate of drug-likeness (QED) is 0.382. The summed E-state index contributed by atoms with van der Waals surface area (Å²) in [6, 6.07) is 21.6. The highest BCUT2D eigenvalue weighted by Crippen LogP contribution is 2.39. The Morgan fingerprint density at radius 1 is 1.09 bits per heavy atom. The number of methoxy groups -OCH3 is 1. The highest BCUT2D eigenvalue weighted by molar-refractivity contribution is 8.05. The van der Waals surface area contributed by atoms with E-state index in [0.717, 1.165) is 23.2 Å². The van der Waals surface area contributed by atoms with Crippen LogP contribution in [0.1, 0.15) is 23.6 Å². The number of ether oxygens (including phenoxy) is 2. The van der Waals surface area contributed by atoms with Crippen LogP contribution in [0.4, 0.5) is 5.69 Å². The number of hydrogen-bond donors (Lipinski definition) is 2. The molecule has 170 valence electrons. The van der Waals surface area contributed by atoms with Gasteiger partial charge < -0.3 is 20.1 Å². The standard InChI is InChI=1S/C26H25ClN2O3S/c1-3-17-9-11-20(12-10-17)28-26-29-25(30)23(33-26)15-19-13-21(27)24(22(14-19)31-2)32-16-18-7-5-4-6-8-18/h4-15,26,28H,3,16H2,1-2H3,(H,29,30)/b23-15-/t26-/m1/s1. The van der Waals surface area contributed by atoms with Gasteiger partial charge in [0, 0.05) is 5.69 Å². The van der Waals surface area contributed by atoms with Gasteiger partial charge in [0.05, 0.1) is 17.0 Å². The largest absolute Gasteiger partial charge is 0.493 e.